The van der Waals surface area contributed by atoms with Crippen LogP contribution in [0.2, 0.25) is 0 Å². The highest BCUT2D eigenvalue weighted by molar-refractivity contribution is 7.91. The fourth-order valence-corrected chi connectivity index (χ4v) is 4.63. The van der Waals surface area contributed by atoms with Gasteiger partial charge in [0.1, 0.15) is 5.75 Å². The van der Waals surface area contributed by atoms with E-state index in [4.69, 9.17) is 4.74 Å². The molecule has 1 saturated heterocycles. The number of fused-ring (bicyclic) bond motifs is 1. The second-order valence-electron chi connectivity index (χ2n) is 5.80. The van der Waals surface area contributed by atoms with Gasteiger partial charge in [-0.2, -0.15) is 0 Å². The van der Waals surface area contributed by atoms with Gasteiger partial charge in [0.05, 0.1) is 18.1 Å². The number of likely N-dealkylation sites (N-methyl/N-ethyl adjacent to an activating group) is 1. The third-order valence-corrected chi connectivity index (χ3v) is 5.99. The molecule has 0 aliphatic carbocycles. The average Bonchev–Trinajstić information content (AvgIpc) is 3.09. The fraction of sp³-hybridized carbons (Fsp3) is 0.438. The van der Waals surface area contributed by atoms with E-state index in [-0.39, 0.29) is 23.5 Å². The largest absolute Gasteiger partial charge is 0.493 e. The Balaban J connectivity index is 1.66. The third kappa shape index (κ3) is 3.16. The molecule has 1 aromatic carbocycles. The lowest BCUT2D eigenvalue weighted by molar-refractivity contribution is -0.126. The summed E-state index contributed by atoms with van der Waals surface area (Å²) in [5.41, 5.74) is 2.11. The molecule has 6 heteroatoms. The number of hydrogen-bond acceptors (Lipinski definition) is 4. The molecule has 2 heterocycles. The monoisotopic (exact) mass is 321 g/mol. The molecule has 0 saturated carbocycles. The Morgan fingerprint density at radius 1 is 1.41 bits per heavy atom. The highest BCUT2D eigenvalue weighted by atomic mass is 32.2. The molecular formula is C16H19NO4S. The first-order valence-electron chi connectivity index (χ1n) is 7.36. The number of sulfone groups is 1. The summed E-state index contributed by atoms with van der Waals surface area (Å²) in [7, 11) is -1.32. The Labute approximate surface area is 130 Å². The minimum atomic E-state index is -2.98. The minimum absolute atomic E-state index is 0.0687. The summed E-state index contributed by atoms with van der Waals surface area (Å²) in [5.74, 6) is 0.985. The van der Waals surface area contributed by atoms with Crippen LogP contribution in [0.3, 0.4) is 0 Å². The lowest BCUT2D eigenvalue weighted by Crippen LogP contribution is -2.36. The SMILES string of the molecule is CN(C(=O)/C=C/c1ccc2c(c1)CCO2)C1CCS(=O)(=O)C1. The Morgan fingerprint density at radius 2 is 2.23 bits per heavy atom. The van der Waals surface area contributed by atoms with E-state index in [2.05, 4.69) is 0 Å². The van der Waals surface area contributed by atoms with Crippen molar-refractivity contribution in [3.8, 4) is 5.75 Å². The average molecular weight is 321 g/mol. The zero-order valence-electron chi connectivity index (χ0n) is 12.5. The predicted octanol–water partition coefficient (Wildman–Crippen LogP) is 1.28. The van der Waals surface area contributed by atoms with E-state index >= 15 is 0 Å². The van der Waals surface area contributed by atoms with Crippen molar-refractivity contribution in [3.05, 3.63) is 35.4 Å². The summed E-state index contributed by atoms with van der Waals surface area (Å²) in [5, 5.41) is 0. The van der Waals surface area contributed by atoms with E-state index in [0.29, 0.717) is 13.0 Å². The van der Waals surface area contributed by atoms with Crippen LogP contribution >= 0.6 is 0 Å². The van der Waals surface area contributed by atoms with Gasteiger partial charge in [-0.25, -0.2) is 8.42 Å². The molecule has 1 aromatic rings. The van der Waals surface area contributed by atoms with Gasteiger partial charge in [-0.05, 0) is 35.8 Å². The zero-order chi connectivity index (χ0) is 15.7. The summed E-state index contributed by atoms with van der Waals surface area (Å²) >= 11 is 0. The molecule has 118 valence electrons. The first kappa shape index (κ1) is 15.1. The molecule has 0 N–H and O–H groups in total. The van der Waals surface area contributed by atoms with E-state index in [1.54, 1.807) is 13.1 Å². The Kier molecular flexibility index (Phi) is 3.95. The van der Waals surface area contributed by atoms with Gasteiger partial charge in [0.2, 0.25) is 5.91 Å². The van der Waals surface area contributed by atoms with Crippen LogP contribution in [0.4, 0.5) is 0 Å². The van der Waals surface area contributed by atoms with Crippen LogP contribution in [0, 0.1) is 0 Å². The lowest BCUT2D eigenvalue weighted by atomic mass is 10.1. The van der Waals surface area contributed by atoms with Crippen molar-refractivity contribution in [2.45, 2.75) is 18.9 Å². The molecule has 1 fully saturated rings. The van der Waals surface area contributed by atoms with Crippen molar-refractivity contribution >= 4 is 21.8 Å². The standard InChI is InChI=1S/C16H19NO4S/c1-17(14-7-9-22(19,20)11-14)16(18)5-3-12-2-4-15-13(10-12)6-8-21-15/h2-5,10,14H,6-9,11H2,1H3/b5-3+. The molecule has 2 aliphatic rings. The number of ether oxygens (including phenoxy) is 1. The molecule has 1 unspecified atom stereocenters. The van der Waals surface area contributed by atoms with Crippen molar-refractivity contribution in [1.29, 1.82) is 0 Å². The molecule has 2 aliphatic heterocycles. The van der Waals surface area contributed by atoms with Gasteiger partial charge < -0.3 is 9.64 Å². The number of nitrogens with zero attached hydrogens (tertiary/aromatic N) is 1. The summed E-state index contributed by atoms with van der Waals surface area (Å²) in [6.45, 7) is 0.709. The number of carbonyl (C=O) groups excluding carboxylic acids is 1. The Bertz CT molecular complexity index is 724. The summed E-state index contributed by atoms with van der Waals surface area (Å²) in [4.78, 5) is 13.7. The molecular weight excluding hydrogens is 302 g/mol. The Morgan fingerprint density at radius 3 is 2.95 bits per heavy atom. The van der Waals surface area contributed by atoms with Crippen LogP contribution in [0.15, 0.2) is 24.3 Å². The molecule has 1 atom stereocenters. The van der Waals surface area contributed by atoms with Crippen molar-refractivity contribution < 1.29 is 17.9 Å². The van der Waals surface area contributed by atoms with Crippen LogP contribution in [0.5, 0.6) is 5.75 Å². The van der Waals surface area contributed by atoms with Crippen LogP contribution in [0.1, 0.15) is 17.5 Å². The van der Waals surface area contributed by atoms with Crippen molar-refractivity contribution in [1.82, 2.24) is 4.90 Å². The van der Waals surface area contributed by atoms with E-state index in [0.717, 1.165) is 23.3 Å². The van der Waals surface area contributed by atoms with E-state index < -0.39 is 9.84 Å². The van der Waals surface area contributed by atoms with Crippen LogP contribution in [-0.4, -0.2) is 50.4 Å². The number of benzene rings is 1. The van der Waals surface area contributed by atoms with Crippen LogP contribution < -0.4 is 4.74 Å². The maximum Gasteiger partial charge on any atom is 0.246 e. The first-order chi connectivity index (χ1) is 10.4. The maximum absolute atomic E-state index is 12.2. The van der Waals surface area contributed by atoms with Gasteiger partial charge in [-0.3, -0.25) is 4.79 Å². The quantitative estimate of drug-likeness (QED) is 0.787. The number of rotatable bonds is 3. The highest BCUT2D eigenvalue weighted by Gasteiger charge is 2.32. The fourth-order valence-electron chi connectivity index (χ4n) is 2.86. The van der Waals surface area contributed by atoms with Gasteiger partial charge in [-0.15, -0.1) is 0 Å². The summed E-state index contributed by atoms with van der Waals surface area (Å²) in [6.07, 6.45) is 4.68. The van der Waals surface area contributed by atoms with Crippen molar-refractivity contribution in [2.75, 3.05) is 25.2 Å². The van der Waals surface area contributed by atoms with Crippen molar-refractivity contribution in [2.24, 2.45) is 0 Å². The van der Waals surface area contributed by atoms with Gasteiger partial charge in [0.15, 0.2) is 9.84 Å². The summed E-state index contributed by atoms with van der Waals surface area (Å²) in [6, 6.07) is 5.63. The second kappa shape index (κ2) is 5.76. The molecule has 5 nitrogen and oxygen atoms in total. The molecule has 0 spiro atoms. The maximum atomic E-state index is 12.2. The van der Waals surface area contributed by atoms with E-state index in [9.17, 15) is 13.2 Å². The van der Waals surface area contributed by atoms with E-state index in [1.165, 1.54) is 11.0 Å². The van der Waals surface area contributed by atoms with Crippen molar-refractivity contribution in [3.63, 3.8) is 0 Å². The number of amides is 1. The highest BCUT2D eigenvalue weighted by Crippen LogP contribution is 2.26. The normalized spacial score (nSPS) is 22.5. The van der Waals surface area contributed by atoms with Crippen LogP contribution in [0.25, 0.3) is 6.08 Å². The number of hydrogen-bond donors (Lipinski definition) is 0. The van der Waals surface area contributed by atoms with Gasteiger partial charge in [0.25, 0.3) is 0 Å². The molecule has 0 aromatic heterocycles. The molecule has 0 radical (unpaired) electrons. The Hall–Kier alpha value is -1.82. The third-order valence-electron chi connectivity index (χ3n) is 4.24. The first-order valence-corrected chi connectivity index (χ1v) is 9.18. The zero-order valence-corrected chi connectivity index (χ0v) is 13.3. The topological polar surface area (TPSA) is 63.7 Å². The predicted molar refractivity (Wildman–Crippen MR) is 84.5 cm³/mol. The second-order valence-corrected chi connectivity index (χ2v) is 8.03. The van der Waals surface area contributed by atoms with E-state index in [1.807, 2.05) is 18.2 Å². The van der Waals surface area contributed by atoms with Gasteiger partial charge >= 0.3 is 0 Å². The van der Waals surface area contributed by atoms with Crippen LogP contribution in [-0.2, 0) is 21.1 Å². The molecule has 22 heavy (non-hydrogen) atoms. The summed E-state index contributed by atoms with van der Waals surface area (Å²) < 4.78 is 28.4. The smallest absolute Gasteiger partial charge is 0.246 e. The van der Waals surface area contributed by atoms with Gasteiger partial charge in [-0.1, -0.05) is 6.07 Å². The number of carbonyl (C=O) groups is 1. The molecule has 3 rings (SSSR count). The minimum Gasteiger partial charge on any atom is -0.493 e. The lowest BCUT2D eigenvalue weighted by Gasteiger charge is -2.21. The van der Waals surface area contributed by atoms with Gasteiger partial charge in [0, 0.05) is 25.6 Å². The molecule has 1 amide bonds. The molecule has 0 bridgehead atoms.